The average molecular weight is 553 g/mol. The Hall–Kier alpha value is -3.72. The van der Waals surface area contributed by atoms with Gasteiger partial charge in [0.2, 0.25) is 0 Å². The number of hydrogen-bond donors (Lipinski definition) is 2. The van der Waals surface area contributed by atoms with Crippen molar-refractivity contribution in [1.29, 1.82) is 0 Å². The van der Waals surface area contributed by atoms with Gasteiger partial charge in [-0.1, -0.05) is 12.1 Å². The van der Waals surface area contributed by atoms with Crippen molar-refractivity contribution >= 4 is 22.6 Å². The number of likely N-dealkylation sites (tertiary alicyclic amines) is 1. The average Bonchev–Trinajstić information content (AvgIpc) is 3.36. The summed E-state index contributed by atoms with van der Waals surface area (Å²) in [5, 5.41) is 10.3. The number of aromatic nitrogens is 2. The molecule has 2 aliphatic rings. The first kappa shape index (κ1) is 27.4. The summed E-state index contributed by atoms with van der Waals surface area (Å²) in [6.45, 7) is 10.8. The summed E-state index contributed by atoms with van der Waals surface area (Å²) >= 11 is 0. The van der Waals surface area contributed by atoms with Crippen molar-refractivity contribution in [1.82, 2.24) is 24.7 Å². The number of fused-ring (bicyclic) bond motifs is 1. The summed E-state index contributed by atoms with van der Waals surface area (Å²) in [5.41, 5.74) is 9.82. The second-order valence-electron chi connectivity index (χ2n) is 11.7. The van der Waals surface area contributed by atoms with Gasteiger partial charge in [0.1, 0.15) is 5.65 Å². The monoisotopic (exact) mass is 552 g/mol. The third kappa shape index (κ3) is 5.35. The van der Waals surface area contributed by atoms with Crippen LogP contribution in [0, 0.1) is 13.8 Å². The van der Waals surface area contributed by atoms with Gasteiger partial charge in [0.05, 0.1) is 6.61 Å². The molecule has 2 N–H and O–H groups in total. The lowest BCUT2D eigenvalue weighted by atomic mass is 9.97. The number of nitrogens with zero attached hydrogens (tertiary/aromatic N) is 5. The highest BCUT2D eigenvalue weighted by atomic mass is 16.3. The van der Waals surface area contributed by atoms with Gasteiger partial charge in [-0.15, -0.1) is 0 Å². The summed E-state index contributed by atoms with van der Waals surface area (Å²) in [4.78, 5) is 29.9. The molecule has 2 fully saturated rings. The van der Waals surface area contributed by atoms with Crippen molar-refractivity contribution < 1.29 is 9.90 Å². The number of benzene rings is 2. The number of aromatic amines is 1. The van der Waals surface area contributed by atoms with Gasteiger partial charge >= 0.3 is 0 Å². The van der Waals surface area contributed by atoms with E-state index in [1.807, 2.05) is 41.6 Å². The fraction of sp³-hybridized carbons (Fsp3) is 0.394. The number of rotatable bonds is 7. The predicted molar refractivity (Wildman–Crippen MR) is 166 cm³/mol. The Balaban J connectivity index is 1.22. The SMILES string of the molecule is Cc1cc(-c2cnc3[nH]cc(-c4ccc(C(=O)N5CC(N(C)C)C5)cc4)c3c2)cc(C)c1N1CCN(CCO)CC1. The van der Waals surface area contributed by atoms with Gasteiger partial charge in [-0.25, -0.2) is 4.98 Å². The molecule has 0 aliphatic carbocycles. The molecule has 2 aromatic heterocycles. The van der Waals surface area contributed by atoms with E-state index in [2.05, 4.69) is 65.8 Å². The van der Waals surface area contributed by atoms with Gasteiger partial charge in [0.15, 0.2) is 0 Å². The molecule has 214 valence electrons. The summed E-state index contributed by atoms with van der Waals surface area (Å²) in [6, 6.07) is 15.2. The number of amides is 1. The smallest absolute Gasteiger partial charge is 0.253 e. The molecule has 8 heteroatoms. The molecular weight excluding hydrogens is 512 g/mol. The van der Waals surface area contributed by atoms with Crippen LogP contribution in [-0.2, 0) is 0 Å². The number of β-amino-alcohol motifs (C(OH)–C–C–N with tert-alkyl or cyclic N) is 1. The number of anilines is 1. The number of H-pyrrole nitrogens is 1. The largest absolute Gasteiger partial charge is 0.395 e. The molecule has 2 aliphatic heterocycles. The highest BCUT2D eigenvalue weighted by molar-refractivity contribution is 5.98. The van der Waals surface area contributed by atoms with Gasteiger partial charge in [0.25, 0.3) is 5.91 Å². The molecule has 1 amide bonds. The molecule has 4 aromatic rings. The molecule has 0 saturated carbocycles. The Morgan fingerprint density at radius 2 is 1.66 bits per heavy atom. The fourth-order valence-corrected chi connectivity index (χ4v) is 6.28. The summed E-state index contributed by atoms with van der Waals surface area (Å²) in [6.07, 6.45) is 3.95. The molecule has 2 aromatic carbocycles. The number of likely N-dealkylation sites (N-methyl/N-ethyl adjacent to an activating group) is 1. The Labute approximate surface area is 242 Å². The second kappa shape index (κ2) is 11.3. The number of aryl methyl sites for hydroxylation is 2. The fourth-order valence-electron chi connectivity index (χ4n) is 6.28. The third-order valence-corrected chi connectivity index (χ3v) is 8.78. The predicted octanol–water partition coefficient (Wildman–Crippen LogP) is 4.01. The van der Waals surface area contributed by atoms with Gasteiger partial charge in [-0.2, -0.15) is 0 Å². The minimum atomic E-state index is 0.0961. The highest BCUT2D eigenvalue weighted by Gasteiger charge is 2.32. The number of aliphatic hydroxyl groups is 1. The number of carbonyl (C=O) groups excluding carboxylic acids is 1. The van der Waals surface area contributed by atoms with Crippen LogP contribution in [0.15, 0.2) is 54.9 Å². The van der Waals surface area contributed by atoms with E-state index in [4.69, 9.17) is 4.98 Å². The lowest BCUT2D eigenvalue weighted by Crippen LogP contribution is -2.59. The Morgan fingerprint density at radius 3 is 2.29 bits per heavy atom. The first-order valence-electron chi connectivity index (χ1n) is 14.6. The minimum absolute atomic E-state index is 0.0961. The molecule has 0 atom stereocenters. The summed E-state index contributed by atoms with van der Waals surface area (Å²) in [7, 11) is 4.12. The van der Waals surface area contributed by atoms with E-state index in [9.17, 15) is 9.90 Å². The normalized spacial score (nSPS) is 16.5. The summed E-state index contributed by atoms with van der Waals surface area (Å²) < 4.78 is 0. The molecule has 0 spiro atoms. The van der Waals surface area contributed by atoms with Crippen molar-refractivity contribution in [2.24, 2.45) is 0 Å². The van der Waals surface area contributed by atoms with Crippen LogP contribution in [0.1, 0.15) is 21.5 Å². The lowest BCUT2D eigenvalue weighted by Gasteiger charge is -2.42. The second-order valence-corrected chi connectivity index (χ2v) is 11.7. The number of carbonyl (C=O) groups is 1. The van der Waals surface area contributed by atoms with Crippen molar-refractivity contribution in [2.75, 3.05) is 71.4 Å². The molecule has 4 heterocycles. The van der Waals surface area contributed by atoms with E-state index in [0.29, 0.717) is 6.04 Å². The van der Waals surface area contributed by atoms with Gasteiger partial charge < -0.3 is 24.8 Å². The van der Waals surface area contributed by atoms with E-state index < -0.39 is 0 Å². The quantitative estimate of drug-likeness (QED) is 0.361. The van der Waals surface area contributed by atoms with Crippen LogP contribution in [0.3, 0.4) is 0 Å². The van der Waals surface area contributed by atoms with Crippen LogP contribution in [0.4, 0.5) is 5.69 Å². The zero-order chi connectivity index (χ0) is 28.7. The molecule has 0 radical (unpaired) electrons. The van der Waals surface area contributed by atoms with Crippen LogP contribution in [0.5, 0.6) is 0 Å². The molecule has 41 heavy (non-hydrogen) atoms. The topological polar surface area (TPSA) is 78.9 Å². The first-order chi connectivity index (χ1) is 19.8. The van der Waals surface area contributed by atoms with Crippen LogP contribution in [0.25, 0.3) is 33.3 Å². The van der Waals surface area contributed by atoms with E-state index >= 15 is 0 Å². The van der Waals surface area contributed by atoms with Crippen molar-refractivity contribution in [3.8, 4) is 22.3 Å². The Kier molecular flexibility index (Phi) is 7.55. The zero-order valence-corrected chi connectivity index (χ0v) is 24.5. The maximum absolute atomic E-state index is 12.9. The first-order valence-corrected chi connectivity index (χ1v) is 14.6. The van der Waals surface area contributed by atoms with E-state index in [1.165, 1.54) is 16.8 Å². The molecule has 0 bridgehead atoms. The van der Waals surface area contributed by atoms with Crippen molar-refractivity contribution in [3.63, 3.8) is 0 Å². The van der Waals surface area contributed by atoms with E-state index in [0.717, 1.165) is 84.7 Å². The molecular formula is C33H40N6O2. The Morgan fingerprint density at radius 1 is 0.976 bits per heavy atom. The number of aliphatic hydroxyl groups excluding tert-OH is 1. The standard InChI is InChI=1S/C33H40N6O2/c1-22-15-26(16-23(2)31(22)38-11-9-37(10-12-38)13-14-40)27-17-29-30(19-35-32(29)34-18-27)24-5-7-25(8-6-24)33(41)39-20-28(21-39)36(3)4/h5-8,15-19,28,40H,9-14,20-21H2,1-4H3,(H,34,35). The summed E-state index contributed by atoms with van der Waals surface area (Å²) in [5.74, 6) is 0.0961. The van der Waals surface area contributed by atoms with Crippen LogP contribution in [0.2, 0.25) is 0 Å². The number of piperazine rings is 1. The molecule has 0 unspecified atom stereocenters. The van der Waals surface area contributed by atoms with Crippen molar-refractivity contribution in [2.45, 2.75) is 19.9 Å². The lowest BCUT2D eigenvalue weighted by molar-refractivity contribution is 0.0399. The van der Waals surface area contributed by atoms with Crippen LogP contribution >= 0.6 is 0 Å². The highest BCUT2D eigenvalue weighted by Crippen LogP contribution is 2.35. The van der Waals surface area contributed by atoms with Gasteiger partial charge in [-0.3, -0.25) is 9.69 Å². The molecule has 6 rings (SSSR count). The van der Waals surface area contributed by atoms with Crippen LogP contribution < -0.4 is 4.90 Å². The molecule has 2 saturated heterocycles. The maximum Gasteiger partial charge on any atom is 0.253 e. The number of pyridine rings is 1. The van der Waals surface area contributed by atoms with Crippen LogP contribution in [-0.4, -0.2) is 108 Å². The third-order valence-electron chi connectivity index (χ3n) is 8.78. The van der Waals surface area contributed by atoms with Crippen molar-refractivity contribution in [3.05, 3.63) is 71.5 Å². The number of hydrogen-bond acceptors (Lipinski definition) is 6. The zero-order valence-electron chi connectivity index (χ0n) is 24.5. The van der Waals surface area contributed by atoms with Gasteiger partial charge in [0, 0.05) is 92.0 Å². The van der Waals surface area contributed by atoms with E-state index in [1.54, 1.807) is 0 Å². The maximum atomic E-state index is 12.9. The Bertz CT molecular complexity index is 1520. The number of nitrogens with one attached hydrogen (secondary N) is 1. The molecule has 8 nitrogen and oxygen atoms in total. The minimum Gasteiger partial charge on any atom is -0.395 e. The van der Waals surface area contributed by atoms with Gasteiger partial charge in [-0.05, 0) is 80.5 Å². The van der Waals surface area contributed by atoms with E-state index in [-0.39, 0.29) is 12.5 Å².